The van der Waals surface area contributed by atoms with Crippen molar-refractivity contribution in [3.8, 4) is 23.0 Å². The average molecular weight is 406 g/mol. The monoisotopic (exact) mass is 405 g/mol. The van der Waals surface area contributed by atoms with Crippen LogP contribution >= 0.6 is 11.6 Å². The first-order valence-corrected chi connectivity index (χ1v) is 8.73. The predicted octanol–water partition coefficient (Wildman–Crippen LogP) is 4.05. The summed E-state index contributed by atoms with van der Waals surface area (Å²) in [7, 11) is 6.10. The summed E-state index contributed by atoms with van der Waals surface area (Å²) in [4.78, 5) is 12.6. The first kappa shape index (κ1) is 19.7. The minimum atomic E-state index is -0.383. The van der Waals surface area contributed by atoms with Crippen LogP contribution in [0.15, 0.2) is 34.7 Å². The zero-order valence-electron chi connectivity index (χ0n) is 15.9. The molecule has 0 aliphatic carbocycles. The van der Waals surface area contributed by atoms with Gasteiger partial charge in [-0.1, -0.05) is 11.6 Å². The van der Waals surface area contributed by atoms with Crippen molar-refractivity contribution in [1.82, 2.24) is 5.32 Å². The molecule has 148 valence electrons. The molecule has 0 spiro atoms. The standard InChI is InChI=1S/C20H20ClNO6/c1-24-14-6-5-11(18(26-3)19(14)27-4)10-22-20(23)16-8-12-7-13(21)9-15(25-2)17(12)28-16/h5-9H,10H2,1-4H3,(H,22,23). The second-order valence-electron chi connectivity index (χ2n) is 5.81. The van der Waals surface area contributed by atoms with E-state index >= 15 is 0 Å². The summed E-state index contributed by atoms with van der Waals surface area (Å²) < 4.78 is 27.0. The Bertz CT molecular complexity index is 1010. The normalized spacial score (nSPS) is 10.6. The molecule has 1 amide bonds. The van der Waals surface area contributed by atoms with Crippen LogP contribution in [0.5, 0.6) is 23.0 Å². The van der Waals surface area contributed by atoms with Crippen LogP contribution in [0.4, 0.5) is 0 Å². The molecule has 0 saturated heterocycles. The van der Waals surface area contributed by atoms with Gasteiger partial charge < -0.3 is 28.7 Å². The Kier molecular flexibility index (Phi) is 5.84. The van der Waals surface area contributed by atoms with E-state index in [1.165, 1.54) is 21.3 Å². The SMILES string of the molecule is COc1ccc(CNC(=O)c2cc3cc(Cl)cc(OC)c3o2)c(OC)c1OC. The smallest absolute Gasteiger partial charge is 0.287 e. The largest absolute Gasteiger partial charge is 0.493 e. The van der Waals surface area contributed by atoms with Crippen LogP contribution in [-0.4, -0.2) is 34.3 Å². The highest BCUT2D eigenvalue weighted by Crippen LogP contribution is 2.39. The van der Waals surface area contributed by atoms with Gasteiger partial charge in [0.15, 0.2) is 28.6 Å². The van der Waals surface area contributed by atoms with Crippen LogP contribution < -0.4 is 24.3 Å². The Morgan fingerprint density at radius 1 is 0.964 bits per heavy atom. The van der Waals surface area contributed by atoms with Gasteiger partial charge in [0.2, 0.25) is 5.75 Å². The number of carbonyl (C=O) groups excluding carboxylic acids is 1. The molecule has 3 rings (SSSR count). The molecule has 2 aromatic carbocycles. The lowest BCUT2D eigenvalue weighted by atomic mass is 10.1. The van der Waals surface area contributed by atoms with Crippen LogP contribution in [0.1, 0.15) is 16.1 Å². The molecule has 0 radical (unpaired) electrons. The molecular weight excluding hydrogens is 386 g/mol. The predicted molar refractivity (Wildman–Crippen MR) is 105 cm³/mol. The van der Waals surface area contributed by atoms with Crippen molar-refractivity contribution in [2.45, 2.75) is 6.54 Å². The second-order valence-corrected chi connectivity index (χ2v) is 6.25. The molecule has 0 atom stereocenters. The Labute approximate surface area is 167 Å². The number of amides is 1. The van der Waals surface area contributed by atoms with Crippen molar-refractivity contribution < 1.29 is 28.2 Å². The molecule has 0 aliphatic rings. The maximum Gasteiger partial charge on any atom is 0.287 e. The van der Waals surface area contributed by atoms with Crippen LogP contribution in [0.25, 0.3) is 11.0 Å². The summed E-state index contributed by atoms with van der Waals surface area (Å²) in [5.41, 5.74) is 1.19. The molecule has 0 unspecified atom stereocenters. The molecule has 0 saturated carbocycles. The molecule has 1 aromatic heterocycles. The lowest BCUT2D eigenvalue weighted by Gasteiger charge is -2.15. The van der Waals surface area contributed by atoms with Gasteiger partial charge in [0.05, 0.1) is 28.4 Å². The van der Waals surface area contributed by atoms with Crippen molar-refractivity contribution in [3.63, 3.8) is 0 Å². The quantitative estimate of drug-likeness (QED) is 0.638. The lowest BCUT2D eigenvalue weighted by molar-refractivity contribution is 0.0925. The van der Waals surface area contributed by atoms with Gasteiger partial charge in [-0.05, 0) is 24.3 Å². The molecule has 1 heterocycles. The van der Waals surface area contributed by atoms with E-state index in [-0.39, 0.29) is 18.2 Å². The summed E-state index contributed by atoms with van der Waals surface area (Å²) in [5.74, 6) is 1.71. The molecule has 3 aromatic rings. The Morgan fingerprint density at radius 2 is 1.68 bits per heavy atom. The van der Waals surface area contributed by atoms with E-state index in [2.05, 4.69) is 5.32 Å². The number of rotatable bonds is 7. The summed E-state index contributed by atoms with van der Waals surface area (Å²) in [5, 5.41) is 3.98. The van der Waals surface area contributed by atoms with E-state index < -0.39 is 0 Å². The number of methoxy groups -OCH3 is 4. The maximum atomic E-state index is 12.6. The van der Waals surface area contributed by atoms with Crippen LogP contribution in [0.3, 0.4) is 0 Å². The van der Waals surface area contributed by atoms with E-state index in [1.807, 2.05) is 0 Å². The van der Waals surface area contributed by atoms with Gasteiger partial charge in [-0.15, -0.1) is 0 Å². The zero-order chi connectivity index (χ0) is 20.3. The van der Waals surface area contributed by atoms with Crippen molar-refractivity contribution in [1.29, 1.82) is 0 Å². The van der Waals surface area contributed by atoms with Gasteiger partial charge >= 0.3 is 0 Å². The number of fused-ring (bicyclic) bond motifs is 1. The zero-order valence-corrected chi connectivity index (χ0v) is 16.7. The van der Waals surface area contributed by atoms with Crippen molar-refractivity contribution in [2.24, 2.45) is 0 Å². The third-order valence-corrected chi connectivity index (χ3v) is 4.43. The fraction of sp³-hybridized carbons (Fsp3) is 0.250. The van der Waals surface area contributed by atoms with Crippen LogP contribution in [-0.2, 0) is 6.54 Å². The maximum absolute atomic E-state index is 12.6. The van der Waals surface area contributed by atoms with Gasteiger partial charge in [0.25, 0.3) is 5.91 Å². The van der Waals surface area contributed by atoms with E-state index in [0.717, 1.165) is 5.56 Å². The number of nitrogens with one attached hydrogen (secondary N) is 1. The highest BCUT2D eigenvalue weighted by atomic mass is 35.5. The molecule has 28 heavy (non-hydrogen) atoms. The van der Waals surface area contributed by atoms with E-state index in [0.29, 0.717) is 39.0 Å². The summed E-state index contributed by atoms with van der Waals surface area (Å²) in [6.07, 6.45) is 0. The topological polar surface area (TPSA) is 79.2 Å². The lowest BCUT2D eigenvalue weighted by Crippen LogP contribution is -2.22. The Balaban J connectivity index is 1.84. The number of hydrogen-bond acceptors (Lipinski definition) is 6. The highest BCUT2D eigenvalue weighted by Gasteiger charge is 2.19. The summed E-state index contributed by atoms with van der Waals surface area (Å²) in [6, 6.07) is 8.49. The first-order chi connectivity index (χ1) is 13.5. The molecule has 0 fully saturated rings. The molecule has 0 bridgehead atoms. The van der Waals surface area contributed by atoms with Crippen molar-refractivity contribution in [2.75, 3.05) is 28.4 Å². The summed E-state index contributed by atoms with van der Waals surface area (Å²) >= 11 is 6.06. The van der Waals surface area contributed by atoms with Gasteiger partial charge in [0, 0.05) is 28.6 Å². The molecule has 1 N–H and O–H groups in total. The number of hydrogen-bond donors (Lipinski definition) is 1. The molecular formula is C20H20ClNO6. The molecule has 8 heteroatoms. The van der Waals surface area contributed by atoms with Gasteiger partial charge in [-0.3, -0.25) is 4.79 Å². The molecule has 7 nitrogen and oxygen atoms in total. The average Bonchev–Trinajstić information content (AvgIpc) is 3.14. The highest BCUT2D eigenvalue weighted by molar-refractivity contribution is 6.31. The Morgan fingerprint density at radius 3 is 2.32 bits per heavy atom. The van der Waals surface area contributed by atoms with Gasteiger partial charge in [0.1, 0.15) is 0 Å². The minimum Gasteiger partial charge on any atom is -0.493 e. The van der Waals surface area contributed by atoms with E-state index in [1.54, 1.807) is 37.4 Å². The van der Waals surface area contributed by atoms with Gasteiger partial charge in [-0.25, -0.2) is 0 Å². The fourth-order valence-corrected chi connectivity index (χ4v) is 3.13. The van der Waals surface area contributed by atoms with Crippen LogP contribution in [0, 0.1) is 0 Å². The number of benzene rings is 2. The van der Waals surface area contributed by atoms with Crippen LogP contribution in [0.2, 0.25) is 5.02 Å². The minimum absolute atomic E-state index is 0.148. The van der Waals surface area contributed by atoms with Crippen molar-refractivity contribution in [3.05, 3.63) is 46.7 Å². The number of halogens is 1. The first-order valence-electron chi connectivity index (χ1n) is 8.35. The van der Waals surface area contributed by atoms with E-state index in [9.17, 15) is 4.79 Å². The second kappa shape index (κ2) is 8.31. The third-order valence-electron chi connectivity index (χ3n) is 4.22. The van der Waals surface area contributed by atoms with Gasteiger partial charge in [-0.2, -0.15) is 0 Å². The Hall–Kier alpha value is -3.06. The molecule has 0 aliphatic heterocycles. The van der Waals surface area contributed by atoms with E-state index in [4.69, 9.17) is 35.0 Å². The summed E-state index contributed by atoms with van der Waals surface area (Å²) in [6.45, 7) is 0.206. The number of furan rings is 1. The van der Waals surface area contributed by atoms with Crippen molar-refractivity contribution >= 4 is 28.5 Å². The number of carbonyl (C=O) groups is 1. The third kappa shape index (κ3) is 3.66. The fourth-order valence-electron chi connectivity index (χ4n) is 2.91. The number of ether oxygens (including phenoxy) is 4.